The van der Waals surface area contributed by atoms with Crippen LogP contribution in [0.3, 0.4) is 0 Å². The maximum Gasteiger partial charge on any atom is 0.332 e. The lowest BCUT2D eigenvalue weighted by Crippen LogP contribution is -2.30. The number of hydrogen-bond acceptors (Lipinski definition) is 4. The first-order valence-corrected chi connectivity index (χ1v) is 6.23. The molecular formula is C13H18N2O3. The largest absolute Gasteiger partial charge is 0.479 e. The Labute approximate surface area is 106 Å². The molecule has 1 aliphatic rings. The molecule has 0 saturated carbocycles. The summed E-state index contributed by atoms with van der Waals surface area (Å²) in [5.41, 5.74) is 1.24. The second-order valence-corrected chi connectivity index (χ2v) is 4.47. The van der Waals surface area contributed by atoms with Crippen molar-refractivity contribution in [2.45, 2.75) is 31.5 Å². The van der Waals surface area contributed by atoms with Gasteiger partial charge in [-0.25, -0.2) is 4.79 Å². The second kappa shape index (κ2) is 6.47. The molecule has 1 aromatic heterocycles. The number of nitrogens with zero attached hydrogens (tertiary/aromatic N) is 1. The number of hydrogen-bond donors (Lipinski definition) is 2. The molecule has 0 spiro atoms. The summed E-state index contributed by atoms with van der Waals surface area (Å²) < 4.78 is 5.40. The van der Waals surface area contributed by atoms with Crippen molar-refractivity contribution in [2.75, 3.05) is 13.1 Å². The van der Waals surface area contributed by atoms with Crippen LogP contribution in [-0.2, 0) is 16.0 Å². The van der Waals surface area contributed by atoms with Gasteiger partial charge in [-0.2, -0.15) is 0 Å². The lowest BCUT2D eigenvalue weighted by Gasteiger charge is -2.12. The Bertz CT molecular complexity index is 383. The molecule has 1 saturated heterocycles. The molecule has 98 valence electrons. The Hall–Kier alpha value is -1.46. The SMILES string of the molecule is O=C(O)C1CCC(CNCCc2ccncc2)O1. The van der Waals surface area contributed by atoms with Crippen LogP contribution in [0.2, 0.25) is 0 Å². The van der Waals surface area contributed by atoms with E-state index in [1.165, 1.54) is 5.56 Å². The van der Waals surface area contributed by atoms with Gasteiger partial charge in [-0.1, -0.05) is 0 Å². The van der Waals surface area contributed by atoms with E-state index >= 15 is 0 Å². The molecule has 2 N–H and O–H groups in total. The lowest BCUT2D eigenvalue weighted by molar-refractivity contribution is -0.149. The predicted molar refractivity (Wildman–Crippen MR) is 66.3 cm³/mol. The molecule has 0 bridgehead atoms. The van der Waals surface area contributed by atoms with Gasteiger partial charge in [0.05, 0.1) is 6.10 Å². The van der Waals surface area contributed by atoms with E-state index in [1.54, 1.807) is 12.4 Å². The number of carboxylic acid groups (broad SMARTS) is 1. The molecule has 1 aliphatic heterocycles. The second-order valence-electron chi connectivity index (χ2n) is 4.47. The molecule has 2 heterocycles. The highest BCUT2D eigenvalue weighted by Gasteiger charge is 2.29. The van der Waals surface area contributed by atoms with Crippen molar-refractivity contribution in [1.82, 2.24) is 10.3 Å². The van der Waals surface area contributed by atoms with Gasteiger partial charge < -0.3 is 15.2 Å². The number of nitrogens with one attached hydrogen (secondary N) is 1. The van der Waals surface area contributed by atoms with E-state index in [4.69, 9.17) is 9.84 Å². The monoisotopic (exact) mass is 250 g/mol. The summed E-state index contributed by atoms with van der Waals surface area (Å²) >= 11 is 0. The summed E-state index contributed by atoms with van der Waals surface area (Å²) in [5.74, 6) is -0.853. The Morgan fingerprint density at radius 2 is 2.22 bits per heavy atom. The molecule has 0 aromatic carbocycles. The van der Waals surface area contributed by atoms with Gasteiger partial charge in [-0.3, -0.25) is 4.98 Å². The van der Waals surface area contributed by atoms with Crippen LogP contribution < -0.4 is 5.32 Å². The third-order valence-corrected chi connectivity index (χ3v) is 3.09. The van der Waals surface area contributed by atoms with Crippen molar-refractivity contribution in [1.29, 1.82) is 0 Å². The molecular weight excluding hydrogens is 232 g/mol. The van der Waals surface area contributed by atoms with Crippen molar-refractivity contribution in [3.63, 3.8) is 0 Å². The van der Waals surface area contributed by atoms with Crippen LogP contribution in [0.1, 0.15) is 18.4 Å². The van der Waals surface area contributed by atoms with Crippen molar-refractivity contribution in [2.24, 2.45) is 0 Å². The molecule has 2 atom stereocenters. The van der Waals surface area contributed by atoms with E-state index in [2.05, 4.69) is 10.3 Å². The minimum Gasteiger partial charge on any atom is -0.479 e. The van der Waals surface area contributed by atoms with Gasteiger partial charge in [0.2, 0.25) is 0 Å². The number of carbonyl (C=O) groups is 1. The molecule has 2 rings (SSSR count). The van der Waals surface area contributed by atoms with E-state index in [1.807, 2.05) is 12.1 Å². The average Bonchev–Trinajstić information content (AvgIpc) is 2.85. The Balaban J connectivity index is 1.61. The van der Waals surface area contributed by atoms with Crippen LogP contribution >= 0.6 is 0 Å². The number of ether oxygens (including phenoxy) is 1. The fraction of sp³-hybridized carbons (Fsp3) is 0.538. The minimum absolute atomic E-state index is 0.0311. The van der Waals surface area contributed by atoms with Gasteiger partial charge >= 0.3 is 5.97 Å². The normalized spacial score (nSPS) is 23.1. The molecule has 0 radical (unpaired) electrons. The zero-order chi connectivity index (χ0) is 12.8. The average molecular weight is 250 g/mol. The van der Waals surface area contributed by atoms with Gasteiger partial charge in [0.25, 0.3) is 0 Å². The van der Waals surface area contributed by atoms with Gasteiger partial charge in [-0.05, 0) is 43.5 Å². The van der Waals surface area contributed by atoms with Crippen LogP contribution in [0.15, 0.2) is 24.5 Å². The standard InChI is InChI=1S/C13H18N2O3/c16-13(17)12-2-1-11(18-12)9-15-8-5-10-3-6-14-7-4-10/h3-4,6-7,11-12,15H,1-2,5,8-9H2,(H,16,17). The van der Waals surface area contributed by atoms with Crippen LogP contribution in [0.5, 0.6) is 0 Å². The van der Waals surface area contributed by atoms with Gasteiger partial charge in [0.1, 0.15) is 0 Å². The topological polar surface area (TPSA) is 71.5 Å². The van der Waals surface area contributed by atoms with E-state index in [0.29, 0.717) is 6.42 Å². The third-order valence-electron chi connectivity index (χ3n) is 3.09. The molecule has 1 fully saturated rings. The summed E-state index contributed by atoms with van der Waals surface area (Å²) in [5, 5.41) is 12.1. The van der Waals surface area contributed by atoms with Crippen LogP contribution in [0, 0.1) is 0 Å². The summed E-state index contributed by atoms with van der Waals surface area (Å²) in [6, 6.07) is 3.99. The first-order chi connectivity index (χ1) is 8.75. The highest BCUT2D eigenvalue weighted by atomic mass is 16.5. The maximum atomic E-state index is 10.7. The van der Waals surface area contributed by atoms with E-state index in [-0.39, 0.29) is 6.10 Å². The van der Waals surface area contributed by atoms with Crippen molar-refractivity contribution < 1.29 is 14.6 Å². The fourth-order valence-corrected chi connectivity index (χ4v) is 2.08. The zero-order valence-electron chi connectivity index (χ0n) is 10.2. The molecule has 5 heteroatoms. The highest BCUT2D eigenvalue weighted by molar-refractivity contribution is 5.72. The first kappa shape index (κ1) is 13.0. The fourth-order valence-electron chi connectivity index (χ4n) is 2.08. The van der Waals surface area contributed by atoms with Crippen LogP contribution in [0.25, 0.3) is 0 Å². The molecule has 1 aromatic rings. The quantitative estimate of drug-likeness (QED) is 0.732. The lowest BCUT2D eigenvalue weighted by atomic mass is 10.2. The van der Waals surface area contributed by atoms with Crippen LogP contribution in [0.4, 0.5) is 0 Å². The third kappa shape index (κ3) is 3.78. The molecule has 5 nitrogen and oxygen atoms in total. The van der Waals surface area contributed by atoms with Crippen molar-refractivity contribution in [3.05, 3.63) is 30.1 Å². The van der Waals surface area contributed by atoms with Crippen molar-refractivity contribution >= 4 is 5.97 Å². The van der Waals surface area contributed by atoms with E-state index in [0.717, 1.165) is 25.9 Å². The van der Waals surface area contributed by atoms with Gasteiger partial charge in [-0.15, -0.1) is 0 Å². The maximum absolute atomic E-state index is 10.7. The summed E-state index contributed by atoms with van der Waals surface area (Å²) in [4.78, 5) is 14.7. The Morgan fingerprint density at radius 1 is 1.44 bits per heavy atom. The summed E-state index contributed by atoms with van der Waals surface area (Å²) in [6.07, 6.45) is 5.36. The zero-order valence-corrected chi connectivity index (χ0v) is 10.2. The number of carboxylic acids is 1. The first-order valence-electron chi connectivity index (χ1n) is 6.23. The molecule has 0 aliphatic carbocycles. The smallest absolute Gasteiger partial charge is 0.332 e. The summed E-state index contributed by atoms with van der Waals surface area (Å²) in [6.45, 7) is 1.58. The number of pyridine rings is 1. The summed E-state index contributed by atoms with van der Waals surface area (Å²) in [7, 11) is 0. The molecule has 18 heavy (non-hydrogen) atoms. The highest BCUT2D eigenvalue weighted by Crippen LogP contribution is 2.19. The molecule has 0 amide bonds. The Morgan fingerprint density at radius 3 is 2.89 bits per heavy atom. The van der Waals surface area contributed by atoms with Gasteiger partial charge in [0.15, 0.2) is 6.10 Å². The Kier molecular flexibility index (Phi) is 4.66. The number of aliphatic carboxylic acids is 1. The van der Waals surface area contributed by atoms with Crippen molar-refractivity contribution in [3.8, 4) is 0 Å². The molecule has 2 unspecified atom stereocenters. The number of rotatable bonds is 6. The van der Waals surface area contributed by atoms with E-state index < -0.39 is 12.1 Å². The number of aromatic nitrogens is 1. The predicted octanol–water partition coefficient (Wildman–Crippen LogP) is 0.846. The minimum atomic E-state index is -0.853. The van der Waals surface area contributed by atoms with Gasteiger partial charge in [0, 0.05) is 18.9 Å². The van der Waals surface area contributed by atoms with Crippen LogP contribution in [-0.4, -0.2) is 41.4 Å². The van der Waals surface area contributed by atoms with E-state index in [9.17, 15) is 4.79 Å².